The number of nitrogens with one attached hydrogen (secondary N) is 1. The van der Waals surface area contributed by atoms with Crippen LogP contribution in [0.1, 0.15) is 5.56 Å². The molecule has 0 unspecified atom stereocenters. The summed E-state index contributed by atoms with van der Waals surface area (Å²) < 4.78 is 73.5. The number of amides is 1. The second kappa shape index (κ2) is 7.30. The molecule has 33 heavy (non-hydrogen) atoms. The first kappa shape index (κ1) is 21.4. The first-order chi connectivity index (χ1) is 15.6. The Morgan fingerprint density at radius 2 is 1.94 bits per heavy atom. The van der Waals surface area contributed by atoms with Crippen LogP contribution < -0.4 is 9.03 Å². The zero-order valence-electron chi connectivity index (χ0n) is 16.7. The molecule has 0 aliphatic carbocycles. The number of rotatable bonds is 4. The van der Waals surface area contributed by atoms with Gasteiger partial charge in [-0.3, -0.25) is 4.79 Å². The van der Waals surface area contributed by atoms with Crippen molar-refractivity contribution >= 4 is 48.2 Å². The van der Waals surface area contributed by atoms with Crippen LogP contribution in [0.15, 0.2) is 58.2 Å². The molecule has 10 nitrogen and oxygen atoms in total. The maximum atomic E-state index is 15.4. The molecule has 1 amide bonds. The third kappa shape index (κ3) is 3.44. The maximum Gasteiger partial charge on any atom is 0.326 e. The van der Waals surface area contributed by atoms with Gasteiger partial charge >= 0.3 is 10.2 Å². The summed E-state index contributed by atoms with van der Waals surface area (Å²) >= 11 is 0. The molecule has 0 spiro atoms. The Morgan fingerprint density at radius 1 is 1.15 bits per heavy atom. The van der Waals surface area contributed by atoms with E-state index in [0.29, 0.717) is 20.8 Å². The Labute approximate surface area is 187 Å². The summed E-state index contributed by atoms with van der Waals surface area (Å²) in [5.41, 5.74) is 0.521. The van der Waals surface area contributed by atoms with E-state index in [0.717, 1.165) is 6.26 Å². The van der Waals surface area contributed by atoms with Crippen LogP contribution in [0.5, 0.6) is 5.75 Å². The summed E-state index contributed by atoms with van der Waals surface area (Å²) in [4.78, 5) is 11.6. The number of nitrogens with zero attached hydrogens (tertiary/aromatic N) is 2. The van der Waals surface area contributed by atoms with Gasteiger partial charge in [0.25, 0.3) is 5.91 Å². The molecule has 2 aromatic carbocycles. The van der Waals surface area contributed by atoms with E-state index < -0.39 is 49.9 Å². The maximum absolute atomic E-state index is 15.4. The number of fused-ring (bicyclic) bond motifs is 1. The van der Waals surface area contributed by atoms with Crippen LogP contribution >= 0.6 is 0 Å². The van der Waals surface area contributed by atoms with Crippen LogP contribution in [0.2, 0.25) is 0 Å². The van der Waals surface area contributed by atoms with E-state index in [-0.39, 0.29) is 23.4 Å². The first-order valence-corrected chi connectivity index (χ1v) is 12.5. The summed E-state index contributed by atoms with van der Waals surface area (Å²) in [6.45, 7) is -0.501. The van der Waals surface area contributed by atoms with Gasteiger partial charge in [0.2, 0.25) is 10.0 Å². The molecular formula is C20H16FN3O7S2. The van der Waals surface area contributed by atoms with E-state index in [4.69, 9.17) is 4.42 Å². The smallest absolute Gasteiger partial charge is 0.326 e. The van der Waals surface area contributed by atoms with Gasteiger partial charge in [-0.05, 0) is 34.7 Å². The predicted octanol–water partition coefficient (Wildman–Crippen LogP) is 1.55. The molecule has 0 bridgehead atoms. The second-order valence-corrected chi connectivity index (χ2v) is 11.1. The Hall–Kier alpha value is -3.42. The first-order valence-electron chi connectivity index (χ1n) is 9.58. The Balaban J connectivity index is 1.52. The number of phenolic OH excluding ortho intramolecular Hbond substituents is 1. The van der Waals surface area contributed by atoms with Gasteiger partial charge in [0, 0.05) is 18.5 Å². The minimum atomic E-state index is -4.33. The lowest BCUT2D eigenvalue weighted by Crippen LogP contribution is -2.30. The van der Waals surface area contributed by atoms with Gasteiger partial charge in [-0.15, -0.1) is 0 Å². The van der Waals surface area contributed by atoms with Crippen LogP contribution in [0.3, 0.4) is 0 Å². The second-order valence-electron chi connectivity index (χ2n) is 7.52. The standard InChI is InChI=1S/C20H16FN3O7S2/c21-19-16-7-12(14-3-5-23(9-14)32(27,28)15-4-6-31-11-15)1-2-13(16)8-17(25)20(19)24-10-18(26)22-33(24,29)30/h1-4,6-8,11,25H,5,9-10H2,(H,22,26). The van der Waals surface area contributed by atoms with Gasteiger partial charge in [0.1, 0.15) is 29.1 Å². The van der Waals surface area contributed by atoms with E-state index in [2.05, 4.69) is 0 Å². The van der Waals surface area contributed by atoms with Crippen molar-refractivity contribution in [3.63, 3.8) is 0 Å². The van der Waals surface area contributed by atoms with Crippen LogP contribution in [-0.4, -0.2) is 51.8 Å². The number of sulfonamides is 1. The number of carbonyl (C=O) groups is 1. The lowest BCUT2D eigenvalue weighted by Gasteiger charge is -2.19. The van der Waals surface area contributed by atoms with Crippen LogP contribution in [0.25, 0.3) is 16.3 Å². The van der Waals surface area contributed by atoms with Crippen molar-refractivity contribution < 1.29 is 35.5 Å². The number of anilines is 1. The van der Waals surface area contributed by atoms with Crippen molar-refractivity contribution in [1.29, 1.82) is 0 Å². The normalized spacial score (nSPS) is 18.6. The number of phenols is 1. The van der Waals surface area contributed by atoms with Crippen LogP contribution in [-0.2, 0) is 25.0 Å². The van der Waals surface area contributed by atoms with E-state index >= 15 is 4.39 Å². The van der Waals surface area contributed by atoms with Gasteiger partial charge in [-0.25, -0.2) is 21.8 Å². The number of halogens is 1. The summed E-state index contributed by atoms with van der Waals surface area (Å²) in [6.07, 6.45) is 4.10. The van der Waals surface area contributed by atoms with Gasteiger partial charge in [-0.2, -0.15) is 12.7 Å². The van der Waals surface area contributed by atoms with Gasteiger partial charge in [0.05, 0.1) is 6.26 Å². The molecule has 2 aliphatic rings. The fourth-order valence-electron chi connectivity index (χ4n) is 3.88. The molecule has 1 saturated heterocycles. The van der Waals surface area contributed by atoms with Crippen molar-refractivity contribution in [2.24, 2.45) is 0 Å². The third-order valence-electron chi connectivity index (χ3n) is 5.49. The summed E-state index contributed by atoms with van der Waals surface area (Å²) in [5, 5.41) is 10.6. The SMILES string of the molecule is O=C1CN(c2c(O)cc3ccc(C4=CCN(S(=O)(=O)c5ccoc5)C4)cc3c2F)S(=O)(=O)N1. The highest BCUT2D eigenvalue weighted by molar-refractivity contribution is 7.92. The topological polar surface area (TPSA) is 137 Å². The molecule has 0 radical (unpaired) electrons. The van der Waals surface area contributed by atoms with Gasteiger partial charge < -0.3 is 9.52 Å². The zero-order chi connectivity index (χ0) is 23.5. The monoisotopic (exact) mass is 493 g/mol. The molecular weight excluding hydrogens is 477 g/mol. The molecule has 1 aromatic heterocycles. The highest BCUT2D eigenvalue weighted by Gasteiger charge is 2.38. The number of hydrogen-bond acceptors (Lipinski definition) is 7. The molecule has 5 rings (SSSR count). The number of carbonyl (C=O) groups excluding carboxylic acids is 1. The third-order valence-corrected chi connectivity index (χ3v) is 8.66. The van der Waals surface area contributed by atoms with E-state index in [1.54, 1.807) is 16.9 Å². The molecule has 2 N–H and O–H groups in total. The Kier molecular flexibility index (Phi) is 4.74. The van der Waals surface area contributed by atoms with E-state index in [1.165, 1.54) is 34.8 Å². The minimum absolute atomic E-state index is 0.00638. The molecule has 3 aromatic rings. The summed E-state index contributed by atoms with van der Waals surface area (Å²) in [6, 6.07) is 7.18. The lowest BCUT2D eigenvalue weighted by atomic mass is 10.0. The van der Waals surface area contributed by atoms with Crippen molar-refractivity contribution in [2.45, 2.75) is 4.90 Å². The fourth-order valence-corrected chi connectivity index (χ4v) is 6.33. The number of furan rings is 1. The summed E-state index contributed by atoms with van der Waals surface area (Å²) in [5.74, 6) is -2.50. The van der Waals surface area contributed by atoms with Crippen molar-refractivity contribution in [3.8, 4) is 5.75 Å². The fraction of sp³-hybridized carbons (Fsp3) is 0.150. The van der Waals surface area contributed by atoms with E-state index in [1.807, 2.05) is 0 Å². The molecule has 2 aliphatic heterocycles. The molecule has 1 fully saturated rings. The van der Waals surface area contributed by atoms with Gasteiger partial charge in [0.15, 0.2) is 5.82 Å². The summed E-state index contributed by atoms with van der Waals surface area (Å²) in [7, 11) is -8.09. The van der Waals surface area contributed by atoms with Gasteiger partial charge in [-0.1, -0.05) is 18.2 Å². The van der Waals surface area contributed by atoms with Crippen molar-refractivity contribution in [1.82, 2.24) is 9.03 Å². The Morgan fingerprint density at radius 3 is 2.61 bits per heavy atom. The number of aromatic hydroxyl groups is 1. The minimum Gasteiger partial charge on any atom is -0.506 e. The molecule has 0 saturated carbocycles. The average molecular weight is 493 g/mol. The highest BCUT2D eigenvalue weighted by atomic mass is 32.2. The average Bonchev–Trinajstić information content (AvgIpc) is 3.49. The predicted molar refractivity (Wildman–Crippen MR) is 115 cm³/mol. The van der Waals surface area contributed by atoms with Crippen LogP contribution in [0.4, 0.5) is 10.1 Å². The molecule has 172 valence electrons. The largest absolute Gasteiger partial charge is 0.506 e. The molecule has 0 atom stereocenters. The van der Waals surface area contributed by atoms with Crippen molar-refractivity contribution in [3.05, 3.63) is 60.3 Å². The lowest BCUT2D eigenvalue weighted by molar-refractivity contribution is -0.117. The number of benzene rings is 2. The Bertz CT molecular complexity index is 1550. The molecule has 3 heterocycles. The highest BCUT2D eigenvalue weighted by Crippen LogP contribution is 2.39. The zero-order valence-corrected chi connectivity index (χ0v) is 18.4. The molecule has 13 heteroatoms. The number of hydrogen-bond donors (Lipinski definition) is 2. The van der Waals surface area contributed by atoms with Crippen LogP contribution in [0, 0.1) is 5.82 Å². The van der Waals surface area contributed by atoms with E-state index in [9.17, 15) is 26.7 Å². The van der Waals surface area contributed by atoms with Crippen molar-refractivity contribution in [2.75, 3.05) is 23.9 Å². The quantitative estimate of drug-likeness (QED) is 0.563.